The van der Waals surface area contributed by atoms with Crippen LogP contribution < -0.4 is 5.43 Å². The van der Waals surface area contributed by atoms with Crippen molar-refractivity contribution in [3.8, 4) is 6.07 Å². The van der Waals surface area contributed by atoms with E-state index in [0.717, 1.165) is 0 Å². The summed E-state index contributed by atoms with van der Waals surface area (Å²) >= 11 is 0. The number of benzene rings is 1. The number of hydrazone groups is 1. The van der Waals surface area contributed by atoms with Crippen LogP contribution in [0.1, 0.15) is 0 Å². The summed E-state index contributed by atoms with van der Waals surface area (Å²) in [6.45, 7) is 2.20. The van der Waals surface area contributed by atoms with E-state index in [1.165, 1.54) is 24.3 Å². The first kappa shape index (κ1) is 14.0. The van der Waals surface area contributed by atoms with Crippen LogP contribution in [-0.2, 0) is 4.74 Å². The average molecular weight is 275 g/mol. The summed E-state index contributed by atoms with van der Waals surface area (Å²) in [5, 5.41) is 20.9. The first-order valence-electron chi connectivity index (χ1n) is 6.11. The van der Waals surface area contributed by atoms with E-state index < -0.39 is 0 Å². The molecule has 1 aromatic rings. The smallest absolute Gasteiger partial charge is 0.202 e. The Kier molecular flexibility index (Phi) is 4.63. The highest BCUT2D eigenvalue weighted by atomic mass is 19.1. The third-order valence-electron chi connectivity index (χ3n) is 2.80. The Balaban J connectivity index is 2.03. The average Bonchev–Trinajstić information content (AvgIpc) is 2.50. The fourth-order valence-corrected chi connectivity index (χ4v) is 1.71. The van der Waals surface area contributed by atoms with Gasteiger partial charge >= 0.3 is 0 Å². The van der Waals surface area contributed by atoms with Crippen LogP contribution in [0.15, 0.2) is 29.4 Å². The van der Waals surface area contributed by atoms with Crippen molar-refractivity contribution in [1.82, 2.24) is 4.90 Å². The van der Waals surface area contributed by atoms with Gasteiger partial charge in [-0.25, -0.2) is 4.39 Å². The van der Waals surface area contributed by atoms with E-state index in [4.69, 9.17) is 15.4 Å². The predicted molar refractivity (Wildman–Crippen MR) is 73.2 cm³/mol. The van der Waals surface area contributed by atoms with Crippen molar-refractivity contribution in [1.29, 1.82) is 10.7 Å². The van der Waals surface area contributed by atoms with Gasteiger partial charge < -0.3 is 9.64 Å². The highest BCUT2D eigenvalue weighted by Crippen LogP contribution is 2.08. The van der Waals surface area contributed by atoms with Gasteiger partial charge in [-0.3, -0.25) is 10.8 Å². The van der Waals surface area contributed by atoms with E-state index in [-0.39, 0.29) is 17.4 Å². The molecule has 7 heteroatoms. The molecular weight excluding hydrogens is 261 g/mol. The highest BCUT2D eigenvalue weighted by molar-refractivity contribution is 6.46. The topological polar surface area (TPSA) is 84.5 Å². The van der Waals surface area contributed by atoms with Crippen molar-refractivity contribution in [2.24, 2.45) is 5.10 Å². The monoisotopic (exact) mass is 275 g/mol. The second kappa shape index (κ2) is 6.63. The van der Waals surface area contributed by atoms with Crippen molar-refractivity contribution in [2.45, 2.75) is 0 Å². The van der Waals surface area contributed by atoms with Crippen LogP contribution in [0.3, 0.4) is 0 Å². The number of anilines is 1. The molecule has 1 aliphatic heterocycles. The molecule has 0 spiro atoms. The van der Waals surface area contributed by atoms with Crippen LogP contribution >= 0.6 is 0 Å². The van der Waals surface area contributed by atoms with Crippen molar-refractivity contribution >= 4 is 17.2 Å². The molecule has 0 bridgehead atoms. The Bertz CT molecular complexity index is 543. The van der Waals surface area contributed by atoms with Crippen molar-refractivity contribution in [3.05, 3.63) is 30.1 Å². The summed E-state index contributed by atoms with van der Waals surface area (Å²) in [6, 6.07) is 7.48. The second-order valence-corrected chi connectivity index (χ2v) is 4.14. The Hall–Kier alpha value is -2.46. The molecule has 0 saturated carbocycles. The normalized spacial score (nSPS) is 15.6. The Morgan fingerprint density at radius 2 is 2.00 bits per heavy atom. The van der Waals surface area contributed by atoms with Gasteiger partial charge in [0.2, 0.25) is 5.71 Å². The van der Waals surface area contributed by atoms with Gasteiger partial charge in [-0.15, -0.1) is 0 Å². The minimum absolute atomic E-state index is 0.0174. The Labute approximate surface area is 116 Å². The van der Waals surface area contributed by atoms with Crippen LogP contribution in [-0.4, -0.2) is 42.8 Å². The first-order valence-corrected chi connectivity index (χ1v) is 6.11. The third-order valence-corrected chi connectivity index (χ3v) is 2.80. The minimum Gasteiger partial charge on any atom is -0.378 e. The van der Waals surface area contributed by atoms with E-state index in [9.17, 15) is 4.39 Å². The molecule has 1 saturated heterocycles. The number of ether oxygens (including phenoxy) is 1. The molecule has 104 valence electrons. The highest BCUT2D eigenvalue weighted by Gasteiger charge is 2.18. The zero-order valence-corrected chi connectivity index (χ0v) is 10.8. The van der Waals surface area contributed by atoms with E-state index >= 15 is 0 Å². The number of nitrogens with one attached hydrogen (secondary N) is 2. The van der Waals surface area contributed by atoms with E-state index in [1.54, 1.807) is 4.90 Å². The zero-order chi connectivity index (χ0) is 14.4. The number of hydrogen-bond donors (Lipinski definition) is 2. The molecule has 20 heavy (non-hydrogen) atoms. The van der Waals surface area contributed by atoms with Crippen molar-refractivity contribution < 1.29 is 9.13 Å². The molecule has 1 fully saturated rings. The van der Waals surface area contributed by atoms with Gasteiger partial charge in [-0.1, -0.05) is 0 Å². The summed E-state index contributed by atoms with van der Waals surface area (Å²) in [5.41, 5.74) is 3.18. The molecule has 0 aliphatic carbocycles. The maximum atomic E-state index is 12.8. The fraction of sp³-hybridized carbons (Fsp3) is 0.308. The summed E-state index contributed by atoms with van der Waals surface area (Å²) < 4.78 is 17.9. The van der Waals surface area contributed by atoms with E-state index in [0.29, 0.717) is 32.0 Å². The van der Waals surface area contributed by atoms with Crippen LogP contribution in [0.2, 0.25) is 0 Å². The molecule has 1 aliphatic rings. The SMILES string of the molecule is N#C/C(=N/Nc1ccc(F)cc1)C(=N)N1CCOCC1. The standard InChI is InChI=1S/C13H14FN5O/c14-10-1-3-11(4-2-10)17-18-12(9-15)13(16)19-5-7-20-8-6-19/h1-4,16-17H,5-8H2/b16-13?,18-12-. The van der Waals surface area contributed by atoms with Crippen molar-refractivity contribution in [3.63, 3.8) is 0 Å². The van der Waals surface area contributed by atoms with Gasteiger partial charge in [-0.2, -0.15) is 10.4 Å². The molecule has 2 rings (SSSR count). The second-order valence-electron chi connectivity index (χ2n) is 4.14. The largest absolute Gasteiger partial charge is 0.378 e. The van der Waals surface area contributed by atoms with Gasteiger partial charge in [0.25, 0.3) is 0 Å². The first-order chi connectivity index (χ1) is 9.70. The Morgan fingerprint density at radius 3 is 2.60 bits per heavy atom. The molecule has 1 heterocycles. The molecule has 1 aromatic carbocycles. The summed E-state index contributed by atoms with van der Waals surface area (Å²) in [4.78, 5) is 1.73. The maximum absolute atomic E-state index is 12.8. The molecule has 0 atom stereocenters. The maximum Gasteiger partial charge on any atom is 0.202 e. The number of nitriles is 1. The van der Waals surface area contributed by atoms with Crippen LogP contribution in [0, 0.1) is 22.6 Å². The fourth-order valence-electron chi connectivity index (χ4n) is 1.71. The quantitative estimate of drug-likeness (QED) is 0.496. The number of hydrogen-bond acceptors (Lipinski definition) is 5. The van der Waals surface area contributed by atoms with Crippen molar-refractivity contribution in [2.75, 3.05) is 31.7 Å². The van der Waals surface area contributed by atoms with Gasteiger partial charge in [0, 0.05) is 13.1 Å². The predicted octanol–water partition coefficient (Wildman–Crippen LogP) is 1.43. The molecular formula is C13H14FN5O. The lowest BCUT2D eigenvalue weighted by Crippen LogP contribution is -2.43. The van der Waals surface area contributed by atoms with Crippen LogP contribution in [0.25, 0.3) is 0 Å². The van der Waals surface area contributed by atoms with Gasteiger partial charge in [0.05, 0.1) is 18.9 Å². The number of rotatable bonds is 3. The molecule has 0 aromatic heterocycles. The lowest BCUT2D eigenvalue weighted by molar-refractivity contribution is 0.0686. The molecule has 0 radical (unpaired) electrons. The molecule has 0 unspecified atom stereocenters. The van der Waals surface area contributed by atoms with Gasteiger partial charge in [-0.05, 0) is 24.3 Å². The van der Waals surface area contributed by atoms with Crippen LogP contribution in [0.5, 0.6) is 0 Å². The number of halogens is 1. The lowest BCUT2D eigenvalue weighted by atomic mass is 10.3. The minimum atomic E-state index is -0.346. The number of morpholine rings is 1. The molecule has 2 N–H and O–H groups in total. The summed E-state index contributed by atoms with van der Waals surface area (Å²) in [5.74, 6) is -0.286. The number of amidine groups is 1. The van der Waals surface area contributed by atoms with E-state index in [1.807, 2.05) is 6.07 Å². The van der Waals surface area contributed by atoms with Gasteiger partial charge in [0.15, 0.2) is 5.84 Å². The molecule has 0 amide bonds. The molecule has 6 nitrogen and oxygen atoms in total. The number of nitrogens with zero attached hydrogens (tertiary/aromatic N) is 3. The zero-order valence-electron chi connectivity index (χ0n) is 10.8. The van der Waals surface area contributed by atoms with E-state index in [2.05, 4.69) is 10.5 Å². The summed E-state index contributed by atoms with van der Waals surface area (Å²) in [7, 11) is 0. The third kappa shape index (κ3) is 3.52. The van der Waals surface area contributed by atoms with Crippen LogP contribution in [0.4, 0.5) is 10.1 Å². The summed E-state index contributed by atoms with van der Waals surface area (Å²) in [6.07, 6.45) is 0. The lowest BCUT2D eigenvalue weighted by Gasteiger charge is -2.28. The Morgan fingerprint density at radius 1 is 1.35 bits per heavy atom. The van der Waals surface area contributed by atoms with Gasteiger partial charge in [0.1, 0.15) is 11.9 Å².